The topological polar surface area (TPSA) is 57.5 Å². The van der Waals surface area contributed by atoms with Crippen LogP contribution in [-0.4, -0.2) is 9.79 Å². The lowest BCUT2D eigenvalue weighted by atomic mass is 10.1. The van der Waals surface area contributed by atoms with Gasteiger partial charge in [-0.15, -0.1) is 0 Å². The number of hydrogen-bond acceptors (Lipinski definition) is 1. The first-order valence-electron chi connectivity index (χ1n) is 4.13. The molecule has 3 nitrogen and oxygen atoms in total. The molecule has 0 saturated carbocycles. The van der Waals surface area contributed by atoms with E-state index < -0.39 is 7.60 Å². The first-order chi connectivity index (χ1) is 6.01. The fourth-order valence-corrected chi connectivity index (χ4v) is 1.80. The molecule has 0 aliphatic carbocycles. The van der Waals surface area contributed by atoms with Crippen LogP contribution in [0.15, 0.2) is 24.3 Å². The Labute approximate surface area is 77.6 Å². The Balaban J connectivity index is 2.76. The molecule has 0 aromatic heterocycles. The molecule has 0 fully saturated rings. The monoisotopic (exact) mass is 200 g/mol. The zero-order chi connectivity index (χ0) is 9.90. The maximum absolute atomic E-state index is 10.6. The average Bonchev–Trinajstić information content (AvgIpc) is 2.03. The van der Waals surface area contributed by atoms with Crippen LogP contribution in [0.3, 0.4) is 0 Å². The van der Waals surface area contributed by atoms with Gasteiger partial charge in [-0.25, -0.2) is 0 Å². The summed E-state index contributed by atoms with van der Waals surface area (Å²) in [5, 5.41) is 0. The van der Waals surface area contributed by atoms with Crippen molar-refractivity contribution in [2.45, 2.75) is 19.5 Å². The highest BCUT2D eigenvalue weighted by atomic mass is 31.2. The van der Waals surface area contributed by atoms with E-state index in [1.54, 1.807) is 12.1 Å². The molecule has 0 spiro atoms. The minimum Gasteiger partial charge on any atom is -0.324 e. The van der Waals surface area contributed by atoms with Crippen molar-refractivity contribution < 1.29 is 14.4 Å². The van der Waals surface area contributed by atoms with Gasteiger partial charge in [0.25, 0.3) is 0 Å². The van der Waals surface area contributed by atoms with Gasteiger partial charge in [0.1, 0.15) is 0 Å². The summed E-state index contributed by atoms with van der Waals surface area (Å²) in [5.74, 6) is 0. The Morgan fingerprint density at radius 2 is 1.62 bits per heavy atom. The van der Waals surface area contributed by atoms with Gasteiger partial charge in [0, 0.05) is 0 Å². The van der Waals surface area contributed by atoms with Gasteiger partial charge >= 0.3 is 7.60 Å². The highest BCUT2D eigenvalue weighted by Gasteiger charge is 2.13. The first-order valence-corrected chi connectivity index (χ1v) is 5.93. The van der Waals surface area contributed by atoms with Crippen molar-refractivity contribution in [3.8, 4) is 0 Å². The molecule has 1 rings (SSSR count). The van der Waals surface area contributed by atoms with Crippen LogP contribution in [0.25, 0.3) is 0 Å². The zero-order valence-corrected chi connectivity index (χ0v) is 8.37. The molecule has 1 aromatic carbocycles. The van der Waals surface area contributed by atoms with Gasteiger partial charge in [-0.05, 0) is 17.5 Å². The molecular formula is C9H13O3P. The molecule has 0 heterocycles. The minimum absolute atomic E-state index is 0.170. The van der Waals surface area contributed by atoms with Gasteiger partial charge in [0.15, 0.2) is 0 Å². The van der Waals surface area contributed by atoms with Gasteiger partial charge < -0.3 is 9.79 Å². The highest BCUT2D eigenvalue weighted by molar-refractivity contribution is 7.50. The highest BCUT2D eigenvalue weighted by Crippen LogP contribution is 2.38. The van der Waals surface area contributed by atoms with E-state index in [-0.39, 0.29) is 6.16 Å². The third-order valence-corrected chi connectivity index (χ3v) is 2.60. The molecule has 0 aliphatic heterocycles. The van der Waals surface area contributed by atoms with Crippen molar-refractivity contribution in [1.29, 1.82) is 0 Å². The van der Waals surface area contributed by atoms with Gasteiger partial charge in [-0.3, -0.25) is 4.57 Å². The van der Waals surface area contributed by atoms with Crippen LogP contribution in [0.1, 0.15) is 18.1 Å². The van der Waals surface area contributed by atoms with E-state index in [4.69, 9.17) is 9.79 Å². The van der Waals surface area contributed by atoms with Crippen molar-refractivity contribution in [2.24, 2.45) is 0 Å². The van der Waals surface area contributed by atoms with Gasteiger partial charge in [0.05, 0.1) is 6.16 Å². The number of rotatable bonds is 3. The normalized spacial score (nSPS) is 11.6. The van der Waals surface area contributed by atoms with Crippen LogP contribution in [0.2, 0.25) is 0 Å². The lowest BCUT2D eigenvalue weighted by Crippen LogP contribution is -1.87. The zero-order valence-electron chi connectivity index (χ0n) is 7.47. The number of benzene rings is 1. The number of aryl methyl sites for hydroxylation is 1. The summed E-state index contributed by atoms with van der Waals surface area (Å²) in [6, 6.07) is 7.31. The molecule has 72 valence electrons. The molecule has 0 saturated heterocycles. The van der Waals surface area contributed by atoms with Crippen molar-refractivity contribution in [2.75, 3.05) is 0 Å². The largest absolute Gasteiger partial charge is 0.329 e. The van der Waals surface area contributed by atoms with E-state index in [1.807, 2.05) is 19.1 Å². The third kappa shape index (κ3) is 3.73. The average molecular weight is 200 g/mol. The van der Waals surface area contributed by atoms with Gasteiger partial charge in [-0.2, -0.15) is 0 Å². The van der Waals surface area contributed by atoms with Crippen LogP contribution < -0.4 is 0 Å². The maximum atomic E-state index is 10.6. The molecule has 2 N–H and O–H groups in total. The second-order valence-electron chi connectivity index (χ2n) is 2.99. The lowest BCUT2D eigenvalue weighted by molar-refractivity contribution is 0.371. The maximum Gasteiger partial charge on any atom is 0.329 e. The summed E-state index contributed by atoms with van der Waals surface area (Å²) in [6.07, 6.45) is 0.771. The van der Waals surface area contributed by atoms with Crippen molar-refractivity contribution in [3.63, 3.8) is 0 Å². The van der Waals surface area contributed by atoms with Crippen LogP contribution in [0.4, 0.5) is 0 Å². The van der Waals surface area contributed by atoms with E-state index in [2.05, 4.69) is 0 Å². The molecule has 0 radical (unpaired) electrons. The van der Waals surface area contributed by atoms with E-state index in [1.165, 1.54) is 5.56 Å². The summed E-state index contributed by atoms with van der Waals surface area (Å²) < 4.78 is 10.6. The Kier molecular flexibility index (Phi) is 3.26. The third-order valence-electron chi connectivity index (χ3n) is 1.82. The molecular weight excluding hydrogens is 187 g/mol. The number of hydrogen-bond donors (Lipinski definition) is 2. The summed E-state index contributed by atoms with van der Waals surface area (Å²) >= 11 is 0. The van der Waals surface area contributed by atoms with E-state index in [9.17, 15) is 4.57 Å². The fourth-order valence-electron chi connectivity index (χ4n) is 1.12. The van der Waals surface area contributed by atoms with E-state index in [0.717, 1.165) is 6.42 Å². The SMILES string of the molecule is CCc1ccc(CP(=O)(O)O)cc1. The van der Waals surface area contributed by atoms with Gasteiger partial charge in [-0.1, -0.05) is 31.2 Å². The second kappa shape index (κ2) is 4.05. The van der Waals surface area contributed by atoms with Crippen molar-refractivity contribution in [1.82, 2.24) is 0 Å². The Morgan fingerprint density at radius 3 is 2.00 bits per heavy atom. The molecule has 0 aliphatic rings. The second-order valence-corrected chi connectivity index (χ2v) is 4.64. The predicted octanol–water partition coefficient (Wildman–Crippen LogP) is 1.93. The smallest absolute Gasteiger partial charge is 0.324 e. The molecule has 0 unspecified atom stereocenters. The molecule has 4 heteroatoms. The molecule has 0 amide bonds. The Morgan fingerprint density at radius 1 is 1.15 bits per heavy atom. The van der Waals surface area contributed by atoms with E-state index >= 15 is 0 Å². The van der Waals surface area contributed by atoms with Crippen molar-refractivity contribution >= 4 is 7.60 Å². The fraction of sp³-hybridized carbons (Fsp3) is 0.333. The summed E-state index contributed by atoms with van der Waals surface area (Å²) in [6.45, 7) is 2.04. The molecule has 0 bridgehead atoms. The molecule has 1 aromatic rings. The standard InChI is InChI=1S/C9H13O3P/c1-2-8-3-5-9(6-4-8)7-13(10,11)12/h3-6H,2,7H2,1H3,(H2,10,11,12). The van der Waals surface area contributed by atoms with Crippen molar-refractivity contribution in [3.05, 3.63) is 35.4 Å². The Hall–Kier alpha value is -0.630. The molecule has 0 atom stereocenters. The summed E-state index contributed by atoms with van der Waals surface area (Å²) in [7, 11) is -3.91. The summed E-state index contributed by atoms with van der Waals surface area (Å²) in [5.41, 5.74) is 1.86. The van der Waals surface area contributed by atoms with E-state index in [0.29, 0.717) is 5.56 Å². The quantitative estimate of drug-likeness (QED) is 0.733. The lowest BCUT2D eigenvalue weighted by Gasteiger charge is -2.04. The van der Waals surface area contributed by atoms with Crippen LogP contribution in [0, 0.1) is 0 Å². The Bertz CT molecular complexity index is 312. The van der Waals surface area contributed by atoms with Gasteiger partial charge in [0.2, 0.25) is 0 Å². The minimum atomic E-state index is -3.91. The summed E-state index contributed by atoms with van der Waals surface area (Å²) in [4.78, 5) is 17.4. The van der Waals surface area contributed by atoms with Crippen LogP contribution >= 0.6 is 7.60 Å². The van der Waals surface area contributed by atoms with Crippen LogP contribution in [-0.2, 0) is 17.1 Å². The van der Waals surface area contributed by atoms with Crippen LogP contribution in [0.5, 0.6) is 0 Å². The molecule has 13 heavy (non-hydrogen) atoms. The predicted molar refractivity (Wildman–Crippen MR) is 51.6 cm³/mol. The first kappa shape index (κ1) is 10.5.